The fourth-order valence-electron chi connectivity index (χ4n) is 2.90. The van der Waals surface area contributed by atoms with Gasteiger partial charge in [0.1, 0.15) is 10.8 Å². The molecule has 0 saturated carbocycles. The lowest BCUT2D eigenvalue weighted by atomic mass is 10.1. The van der Waals surface area contributed by atoms with Gasteiger partial charge >= 0.3 is 0 Å². The van der Waals surface area contributed by atoms with Crippen LogP contribution in [0.1, 0.15) is 11.1 Å². The molecule has 1 heterocycles. The van der Waals surface area contributed by atoms with Gasteiger partial charge in [-0.05, 0) is 67.4 Å². The minimum atomic E-state index is -0.186. The monoisotopic (exact) mass is 388 g/mol. The number of rotatable bonds is 5. The summed E-state index contributed by atoms with van der Waals surface area (Å²) in [6, 6.07) is 21.8. The Labute approximate surface area is 167 Å². The number of aromatic nitrogens is 1. The molecule has 0 bridgehead atoms. The Morgan fingerprint density at radius 3 is 2.61 bits per heavy atom. The highest BCUT2D eigenvalue weighted by atomic mass is 32.1. The van der Waals surface area contributed by atoms with Crippen LogP contribution in [0.4, 0.5) is 5.69 Å². The number of aryl methyl sites for hydroxylation is 2. The van der Waals surface area contributed by atoms with Crippen LogP contribution >= 0.6 is 11.3 Å². The van der Waals surface area contributed by atoms with Crippen molar-refractivity contribution in [2.24, 2.45) is 0 Å². The predicted octanol–water partition coefficient (Wildman–Crippen LogP) is 5.60. The Balaban J connectivity index is 1.40. The molecule has 0 fully saturated rings. The van der Waals surface area contributed by atoms with Gasteiger partial charge in [-0.3, -0.25) is 4.79 Å². The molecule has 1 aromatic heterocycles. The van der Waals surface area contributed by atoms with Crippen LogP contribution in [0.3, 0.4) is 0 Å². The summed E-state index contributed by atoms with van der Waals surface area (Å²) in [5.74, 6) is 0.551. The number of fused-ring (bicyclic) bond motifs is 1. The van der Waals surface area contributed by atoms with E-state index in [4.69, 9.17) is 4.74 Å². The predicted molar refractivity (Wildman–Crippen MR) is 115 cm³/mol. The number of nitrogens with one attached hydrogen (secondary N) is 1. The molecule has 28 heavy (non-hydrogen) atoms. The highest BCUT2D eigenvalue weighted by Crippen LogP contribution is 2.30. The number of anilines is 1. The number of amides is 1. The van der Waals surface area contributed by atoms with E-state index in [-0.39, 0.29) is 12.5 Å². The number of carbonyl (C=O) groups excluding carboxylic acids is 1. The first kappa shape index (κ1) is 18.2. The van der Waals surface area contributed by atoms with E-state index >= 15 is 0 Å². The van der Waals surface area contributed by atoms with Crippen molar-refractivity contribution < 1.29 is 9.53 Å². The van der Waals surface area contributed by atoms with E-state index in [2.05, 4.69) is 16.4 Å². The number of nitrogens with zero attached hydrogens (tertiary/aromatic N) is 1. The lowest BCUT2D eigenvalue weighted by Crippen LogP contribution is -2.20. The highest BCUT2D eigenvalue weighted by Gasteiger charge is 2.08. The molecular weight excluding hydrogens is 368 g/mol. The summed E-state index contributed by atoms with van der Waals surface area (Å²) >= 11 is 1.66. The minimum absolute atomic E-state index is 0.0239. The van der Waals surface area contributed by atoms with E-state index in [1.165, 1.54) is 4.70 Å². The maximum Gasteiger partial charge on any atom is 0.262 e. The van der Waals surface area contributed by atoms with Crippen LogP contribution in [0.5, 0.6) is 5.75 Å². The fraction of sp³-hybridized carbons (Fsp3) is 0.130. The van der Waals surface area contributed by atoms with Crippen molar-refractivity contribution >= 4 is 33.1 Å². The Morgan fingerprint density at radius 2 is 1.82 bits per heavy atom. The third-order valence-electron chi connectivity index (χ3n) is 4.41. The van der Waals surface area contributed by atoms with Gasteiger partial charge in [-0.15, -0.1) is 11.3 Å². The van der Waals surface area contributed by atoms with E-state index in [0.29, 0.717) is 0 Å². The Morgan fingerprint density at radius 1 is 1.04 bits per heavy atom. The molecule has 0 saturated heterocycles. The van der Waals surface area contributed by atoms with Gasteiger partial charge < -0.3 is 10.1 Å². The Hall–Kier alpha value is -3.18. The van der Waals surface area contributed by atoms with Crippen molar-refractivity contribution in [2.75, 3.05) is 11.9 Å². The zero-order chi connectivity index (χ0) is 19.5. The standard InChI is InChI=1S/C23H20N2O2S/c1-15-7-8-16(2)20(13-15)27-14-22(26)24-18-11-9-17(10-12-18)23-25-19-5-3-4-6-21(19)28-23/h3-13H,14H2,1-2H3,(H,24,26). The summed E-state index contributed by atoms with van der Waals surface area (Å²) in [5, 5.41) is 3.84. The number of para-hydroxylation sites is 1. The molecule has 0 aliphatic heterocycles. The normalized spacial score (nSPS) is 10.8. The molecule has 1 amide bonds. The molecule has 0 radical (unpaired) electrons. The maximum atomic E-state index is 12.2. The molecule has 0 spiro atoms. The molecular formula is C23H20N2O2S. The smallest absolute Gasteiger partial charge is 0.262 e. The largest absolute Gasteiger partial charge is 0.483 e. The number of hydrogen-bond acceptors (Lipinski definition) is 4. The van der Waals surface area contributed by atoms with Gasteiger partial charge in [0, 0.05) is 11.3 Å². The first-order chi connectivity index (χ1) is 13.6. The molecule has 0 aliphatic rings. The topological polar surface area (TPSA) is 51.2 Å². The van der Waals surface area contributed by atoms with Gasteiger partial charge in [0.2, 0.25) is 0 Å². The number of benzene rings is 3. The zero-order valence-electron chi connectivity index (χ0n) is 15.7. The Kier molecular flexibility index (Phi) is 5.08. The zero-order valence-corrected chi connectivity index (χ0v) is 16.5. The van der Waals surface area contributed by atoms with Crippen molar-refractivity contribution in [3.05, 3.63) is 77.9 Å². The van der Waals surface area contributed by atoms with Crippen molar-refractivity contribution in [1.82, 2.24) is 4.98 Å². The van der Waals surface area contributed by atoms with Gasteiger partial charge in [0.15, 0.2) is 6.61 Å². The van der Waals surface area contributed by atoms with Crippen molar-refractivity contribution in [3.8, 4) is 16.3 Å². The van der Waals surface area contributed by atoms with Crippen LogP contribution in [0.15, 0.2) is 66.7 Å². The molecule has 0 unspecified atom stereocenters. The molecule has 140 valence electrons. The molecule has 0 atom stereocenters. The van der Waals surface area contributed by atoms with Gasteiger partial charge in [-0.2, -0.15) is 0 Å². The summed E-state index contributed by atoms with van der Waals surface area (Å²) < 4.78 is 6.82. The van der Waals surface area contributed by atoms with Crippen molar-refractivity contribution in [3.63, 3.8) is 0 Å². The molecule has 0 aliphatic carbocycles. The van der Waals surface area contributed by atoms with E-state index in [1.807, 2.05) is 74.5 Å². The molecule has 5 heteroatoms. The number of hydrogen-bond donors (Lipinski definition) is 1. The average Bonchev–Trinajstić information content (AvgIpc) is 3.13. The lowest BCUT2D eigenvalue weighted by molar-refractivity contribution is -0.118. The molecule has 4 rings (SSSR count). The average molecular weight is 388 g/mol. The summed E-state index contributed by atoms with van der Waals surface area (Å²) in [7, 11) is 0. The van der Waals surface area contributed by atoms with E-state index in [9.17, 15) is 4.79 Å². The molecule has 1 N–H and O–H groups in total. The van der Waals surface area contributed by atoms with E-state index < -0.39 is 0 Å². The van der Waals surface area contributed by atoms with Crippen molar-refractivity contribution in [1.29, 1.82) is 0 Å². The van der Waals surface area contributed by atoms with E-state index in [1.54, 1.807) is 11.3 Å². The third-order valence-corrected chi connectivity index (χ3v) is 5.50. The second kappa shape index (κ2) is 7.82. The van der Waals surface area contributed by atoms with Crippen LogP contribution in [-0.2, 0) is 4.79 Å². The van der Waals surface area contributed by atoms with Crippen LogP contribution in [0.25, 0.3) is 20.8 Å². The maximum absolute atomic E-state index is 12.2. The Bertz CT molecular complexity index is 1100. The lowest BCUT2D eigenvalue weighted by Gasteiger charge is -2.10. The minimum Gasteiger partial charge on any atom is -0.483 e. The van der Waals surface area contributed by atoms with Gasteiger partial charge in [0.05, 0.1) is 10.2 Å². The van der Waals surface area contributed by atoms with E-state index in [0.717, 1.165) is 38.7 Å². The second-order valence-electron chi connectivity index (χ2n) is 6.67. The number of ether oxygens (including phenoxy) is 1. The number of thiazole rings is 1. The number of carbonyl (C=O) groups is 1. The first-order valence-corrected chi connectivity index (χ1v) is 9.86. The van der Waals surface area contributed by atoms with Gasteiger partial charge in [0.25, 0.3) is 5.91 Å². The fourth-order valence-corrected chi connectivity index (χ4v) is 3.87. The van der Waals surface area contributed by atoms with Gasteiger partial charge in [-0.1, -0.05) is 24.3 Å². The highest BCUT2D eigenvalue weighted by molar-refractivity contribution is 7.21. The second-order valence-corrected chi connectivity index (χ2v) is 7.70. The quantitative estimate of drug-likeness (QED) is 0.484. The summed E-state index contributed by atoms with van der Waals surface area (Å²) in [4.78, 5) is 16.9. The van der Waals surface area contributed by atoms with Crippen LogP contribution in [0.2, 0.25) is 0 Å². The van der Waals surface area contributed by atoms with Crippen molar-refractivity contribution in [2.45, 2.75) is 13.8 Å². The third kappa shape index (κ3) is 4.05. The summed E-state index contributed by atoms with van der Waals surface area (Å²) in [6.45, 7) is 3.94. The van der Waals surface area contributed by atoms with Crippen LogP contribution in [0, 0.1) is 13.8 Å². The molecule has 4 nitrogen and oxygen atoms in total. The summed E-state index contributed by atoms with van der Waals surface area (Å²) in [5.41, 5.74) is 4.89. The summed E-state index contributed by atoms with van der Waals surface area (Å²) in [6.07, 6.45) is 0. The van der Waals surface area contributed by atoms with Crippen LogP contribution in [-0.4, -0.2) is 17.5 Å². The SMILES string of the molecule is Cc1ccc(C)c(OCC(=O)Nc2ccc(-c3nc4ccccc4s3)cc2)c1. The van der Waals surface area contributed by atoms with Gasteiger partial charge in [-0.25, -0.2) is 4.98 Å². The molecule has 3 aromatic carbocycles. The first-order valence-electron chi connectivity index (χ1n) is 9.04. The van der Waals surface area contributed by atoms with Crippen LogP contribution < -0.4 is 10.1 Å². The molecule has 4 aromatic rings.